The molecule has 0 unspecified atom stereocenters. The third kappa shape index (κ3) is 1.88. The number of carbonyl (C=O) groups is 1. The zero-order chi connectivity index (χ0) is 11.5. The minimum absolute atomic E-state index is 0.0670. The van der Waals surface area contributed by atoms with Gasteiger partial charge in [-0.25, -0.2) is 0 Å². The number of aliphatic carboxylic acids is 1. The molecule has 1 aromatic carbocycles. The van der Waals surface area contributed by atoms with Gasteiger partial charge in [0.1, 0.15) is 12.2 Å². The third-order valence-corrected chi connectivity index (χ3v) is 2.15. The van der Waals surface area contributed by atoms with E-state index in [1.54, 1.807) is 18.2 Å². The molecule has 16 heavy (non-hydrogen) atoms. The number of benzene rings is 1. The number of hydrogen-bond acceptors (Lipinski definition) is 4. The number of para-hydroxylation sites is 1. The van der Waals surface area contributed by atoms with E-state index in [9.17, 15) is 9.90 Å². The van der Waals surface area contributed by atoms with E-state index in [-0.39, 0.29) is 17.9 Å². The summed E-state index contributed by atoms with van der Waals surface area (Å²) in [7, 11) is 0. The highest BCUT2D eigenvalue weighted by atomic mass is 16.5. The van der Waals surface area contributed by atoms with Crippen LogP contribution in [0.3, 0.4) is 0 Å². The van der Waals surface area contributed by atoms with Crippen molar-refractivity contribution in [2.75, 3.05) is 0 Å². The molecule has 1 heterocycles. The quantitative estimate of drug-likeness (QED) is 0.820. The summed E-state index contributed by atoms with van der Waals surface area (Å²) in [5.74, 6) is -0.709. The van der Waals surface area contributed by atoms with Crippen LogP contribution in [0.1, 0.15) is 5.76 Å². The van der Waals surface area contributed by atoms with Crippen LogP contribution in [0.4, 0.5) is 0 Å². The van der Waals surface area contributed by atoms with Crippen molar-refractivity contribution in [3.63, 3.8) is 0 Å². The van der Waals surface area contributed by atoms with E-state index in [0.717, 1.165) is 0 Å². The van der Waals surface area contributed by atoms with Gasteiger partial charge in [-0.2, -0.15) is 0 Å². The standard InChI is InChI=1S/C11H9NO4/c13-9-4-2-1-3-7(9)8-6-12-16-10(8)5-11(14)15/h1-4,6,13H,5H2,(H,14,15). The maximum atomic E-state index is 10.6. The lowest BCUT2D eigenvalue weighted by Crippen LogP contribution is -1.99. The Hall–Kier alpha value is -2.30. The number of phenols is 1. The predicted molar refractivity (Wildman–Crippen MR) is 54.9 cm³/mol. The van der Waals surface area contributed by atoms with E-state index in [1.165, 1.54) is 12.3 Å². The Kier molecular flexibility index (Phi) is 2.59. The summed E-state index contributed by atoms with van der Waals surface area (Å²) in [5, 5.41) is 21.8. The van der Waals surface area contributed by atoms with Crippen molar-refractivity contribution in [1.82, 2.24) is 5.16 Å². The average Bonchev–Trinajstić information content (AvgIpc) is 2.66. The van der Waals surface area contributed by atoms with Gasteiger partial charge in [-0.15, -0.1) is 0 Å². The fourth-order valence-electron chi connectivity index (χ4n) is 1.45. The van der Waals surface area contributed by atoms with Crippen LogP contribution in [-0.2, 0) is 11.2 Å². The molecule has 0 bridgehead atoms. The molecular weight excluding hydrogens is 210 g/mol. The fraction of sp³-hybridized carbons (Fsp3) is 0.0909. The number of rotatable bonds is 3. The minimum atomic E-state index is -1.01. The van der Waals surface area contributed by atoms with E-state index in [2.05, 4.69) is 5.16 Å². The number of carboxylic acid groups (broad SMARTS) is 1. The molecule has 5 heteroatoms. The van der Waals surface area contributed by atoms with Gasteiger partial charge >= 0.3 is 5.97 Å². The van der Waals surface area contributed by atoms with Crippen LogP contribution < -0.4 is 0 Å². The van der Waals surface area contributed by atoms with Gasteiger partial charge in [-0.3, -0.25) is 4.79 Å². The van der Waals surface area contributed by atoms with Gasteiger partial charge in [-0.05, 0) is 6.07 Å². The first-order valence-electron chi connectivity index (χ1n) is 4.62. The third-order valence-electron chi connectivity index (χ3n) is 2.15. The van der Waals surface area contributed by atoms with Crippen LogP contribution in [0, 0.1) is 0 Å². The smallest absolute Gasteiger partial charge is 0.311 e. The van der Waals surface area contributed by atoms with Crippen LogP contribution in [0.25, 0.3) is 11.1 Å². The number of hydrogen-bond donors (Lipinski definition) is 2. The molecule has 0 saturated heterocycles. The van der Waals surface area contributed by atoms with E-state index in [0.29, 0.717) is 11.1 Å². The monoisotopic (exact) mass is 219 g/mol. The highest BCUT2D eigenvalue weighted by molar-refractivity contribution is 5.76. The summed E-state index contributed by atoms with van der Waals surface area (Å²) >= 11 is 0. The Balaban J connectivity index is 2.45. The first-order valence-corrected chi connectivity index (χ1v) is 4.62. The molecule has 0 fully saturated rings. The normalized spacial score (nSPS) is 10.2. The van der Waals surface area contributed by atoms with Gasteiger partial charge in [0.05, 0.1) is 6.20 Å². The molecule has 0 saturated carbocycles. The second-order valence-electron chi connectivity index (χ2n) is 3.25. The van der Waals surface area contributed by atoms with Crippen molar-refractivity contribution in [3.05, 3.63) is 36.2 Å². The Morgan fingerprint density at radius 2 is 2.06 bits per heavy atom. The first kappa shape index (κ1) is 10.2. The molecule has 2 aromatic rings. The number of aromatic hydroxyl groups is 1. The molecule has 82 valence electrons. The lowest BCUT2D eigenvalue weighted by Gasteiger charge is -2.01. The van der Waals surface area contributed by atoms with Gasteiger partial charge in [0.25, 0.3) is 0 Å². The van der Waals surface area contributed by atoms with Gasteiger partial charge < -0.3 is 14.7 Å². The summed E-state index contributed by atoms with van der Waals surface area (Å²) in [6, 6.07) is 6.62. The number of nitrogens with zero attached hydrogens (tertiary/aromatic N) is 1. The summed E-state index contributed by atoms with van der Waals surface area (Å²) in [4.78, 5) is 10.6. The molecule has 2 rings (SSSR count). The number of carboxylic acids is 1. The molecule has 1 aromatic heterocycles. The average molecular weight is 219 g/mol. The lowest BCUT2D eigenvalue weighted by atomic mass is 10.0. The molecule has 5 nitrogen and oxygen atoms in total. The van der Waals surface area contributed by atoms with E-state index >= 15 is 0 Å². The number of phenolic OH excluding ortho intramolecular Hbond substituents is 1. The number of aromatic nitrogens is 1. The summed E-state index contributed by atoms with van der Waals surface area (Å²) < 4.78 is 4.84. The molecule has 0 aliphatic carbocycles. The predicted octanol–water partition coefficient (Wildman–Crippen LogP) is 1.67. The van der Waals surface area contributed by atoms with Crippen molar-refractivity contribution in [2.45, 2.75) is 6.42 Å². The van der Waals surface area contributed by atoms with Crippen LogP contribution in [-0.4, -0.2) is 21.3 Å². The van der Waals surface area contributed by atoms with Gasteiger partial charge in [0, 0.05) is 11.1 Å². The maximum Gasteiger partial charge on any atom is 0.311 e. The summed E-state index contributed by atoms with van der Waals surface area (Å²) in [6.07, 6.45) is 1.14. The lowest BCUT2D eigenvalue weighted by molar-refractivity contribution is -0.136. The SMILES string of the molecule is O=C(O)Cc1oncc1-c1ccccc1O. The summed E-state index contributed by atoms with van der Waals surface area (Å²) in [6.45, 7) is 0. The Morgan fingerprint density at radius 3 is 2.75 bits per heavy atom. The van der Waals surface area contributed by atoms with Crippen molar-refractivity contribution in [3.8, 4) is 16.9 Å². The van der Waals surface area contributed by atoms with Gasteiger partial charge in [-0.1, -0.05) is 23.4 Å². The fourth-order valence-corrected chi connectivity index (χ4v) is 1.45. The largest absolute Gasteiger partial charge is 0.507 e. The highest BCUT2D eigenvalue weighted by Gasteiger charge is 2.15. The zero-order valence-corrected chi connectivity index (χ0v) is 8.25. The van der Waals surface area contributed by atoms with Gasteiger partial charge in [0.2, 0.25) is 0 Å². The zero-order valence-electron chi connectivity index (χ0n) is 8.25. The van der Waals surface area contributed by atoms with Crippen molar-refractivity contribution in [1.29, 1.82) is 0 Å². The molecule has 2 N–H and O–H groups in total. The van der Waals surface area contributed by atoms with Crippen molar-refractivity contribution >= 4 is 5.97 Å². The second-order valence-corrected chi connectivity index (χ2v) is 3.25. The highest BCUT2D eigenvalue weighted by Crippen LogP contribution is 2.31. The van der Waals surface area contributed by atoms with Crippen LogP contribution in [0.15, 0.2) is 35.0 Å². The Labute approximate surface area is 90.9 Å². The Bertz CT molecular complexity index is 518. The Morgan fingerprint density at radius 1 is 1.31 bits per heavy atom. The van der Waals surface area contributed by atoms with E-state index in [4.69, 9.17) is 9.63 Å². The van der Waals surface area contributed by atoms with Crippen molar-refractivity contribution < 1.29 is 19.5 Å². The topological polar surface area (TPSA) is 83.6 Å². The molecule has 0 atom stereocenters. The van der Waals surface area contributed by atoms with Crippen LogP contribution in [0.5, 0.6) is 5.75 Å². The van der Waals surface area contributed by atoms with Crippen LogP contribution in [0.2, 0.25) is 0 Å². The molecule has 0 amide bonds. The molecule has 0 spiro atoms. The summed E-state index contributed by atoms with van der Waals surface area (Å²) in [5.41, 5.74) is 1.01. The molecule has 0 aliphatic rings. The molecule has 0 aliphatic heterocycles. The van der Waals surface area contributed by atoms with Crippen LogP contribution >= 0.6 is 0 Å². The minimum Gasteiger partial charge on any atom is -0.507 e. The first-order chi connectivity index (χ1) is 7.68. The van der Waals surface area contributed by atoms with E-state index < -0.39 is 5.97 Å². The molecular formula is C11H9NO4. The maximum absolute atomic E-state index is 10.6. The van der Waals surface area contributed by atoms with E-state index in [1.807, 2.05) is 0 Å². The van der Waals surface area contributed by atoms with Crippen molar-refractivity contribution in [2.24, 2.45) is 0 Å². The van der Waals surface area contributed by atoms with Gasteiger partial charge in [0.15, 0.2) is 5.76 Å². The second kappa shape index (κ2) is 4.06. The molecule has 0 radical (unpaired) electrons.